The van der Waals surface area contributed by atoms with Crippen molar-refractivity contribution >= 4 is 23.7 Å². The van der Waals surface area contributed by atoms with Gasteiger partial charge in [0.2, 0.25) is 11.8 Å². The summed E-state index contributed by atoms with van der Waals surface area (Å²) in [5.74, 6) is -1.17. The molecule has 4 N–H and O–H groups in total. The van der Waals surface area contributed by atoms with Crippen LogP contribution >= 0.6 is 0 Å². The van der Waals surface area contributed by atoms with Crippen LogP contribution in [0.3, 0.4) is 0 Å². The predicted octanol–water partition coefficient (Wildman–Crippen LogP) is 8.35. The average Bonchev–Trinajstić information content (AvgIpc) is 3.03. The maximum absolute atomic E-state index is 13.6. The summed E-state index contributed by atoms with van der Waals surface area (Å²) in [7, 11) is 0. The third-order valence-corrected chi connectivity index (χ3v) is 8.26. The van der Waals surface area contributed by atoms with Crippen molar-refractivity contribution < 1.29 is 19.1 Å². The van der Waals surface area contributed by atoms with Crippen molar-refractivity contribution in [2.75, 3.05) is 6.54 Å². The van der Waals surface area contributed by atoms with Crippen molar-refractivity contribution in [2.45, 2.75) is 168 Å². The smallest absolute Gasteiger partial charge is 0.329 e. The maximum atomic E-state index is 13.6. The van der Waals surface area contributed by atoms with Gasteiger partial charge in [0.05, 0.1) is 0 Å². The minimum Gasteiger partial charge on any atom is -0.459 e. The minimum atomic E-state index is -1.000. The molecule has 1 atom stereocenters. The normalized spacial score (nSPS) is 11.6. The van der Waals surface area contributed by atoms with Crippen molar-refractivity contribution in [3.63, 3.8) is 0 Å². The molecule has 0 fully saturated rings. The zero-order valence-corrected chi connectivity index (χ0v) is 28.6. The summed E-state index contributed by atoms with van der Waals surface area (Å²) >= 11 is 0. The summed E-state index contributed by atoms with van der Waals surface area (Å²) in [5, 5.41) is 0. The largest absolute Gasteiger partial charge is 0.459 e. The molecule has 1 aromatic carbocycles. The number of benzene rings is 1. The van der Waals surface area contributed by atoms with Crippen molar-refractivity contribution in [3.05, 3.63) is 35.9 Å². The number of imide groups is 1. The second-order valence-corrected chi connectivity index (χ2v) is 12.4. The van der Waals surface area contributed by atoms with Crippen LogP contribution in [0.1, 0.15) is 161 Å². The number of hydrogen-bond acceptors (Lipinski definition) is 5. The highest BCUT2D eigenvalue weighted by atomic mass is 16.5. The SMILES string of the molecule is CCCCCCCCCCCC(=O)N(C(=O)CCCCCCCCCCC)[C@@H](CCCN=C(N)N)C(=O)OCc1ccccc1. The van der Waals surface area contributed by atoms with Crippen LogP contribution in [-0.2, 0) is 25.7 Å². The van der Waals surface area contributed by atoms with Crippen LogP contribution in [0, 0.1) is 0 Å². The summed E-state index contributed by atoms with van der Waals surface area (Å²) in [6.07, 6.45) is 21.6. The fraction of sp³-hybridized carbons (Fsp3) is 0.730. The van der Waals surface area contributed by atoms with E-state index in [0.29, 0.717) is 25.8 Å². The highest BCUT2D eigenvalue weighted by Gasteiger charge is 2.35. The van der Waals surface area contributed by atoms with Crippen LogP contribution in [-0.4, -0.2) is 41.2 Å². The van der Waals surface area contributed by atoms with Gasteiger partial charge < -0.3 is 16.2 Å². The molecule has 0 aromatic heterocycles. The quantitative estimate of drug-likeness (QED) is 0.0415. The second-order valence-electron chi connectivity index (χ2n) is 12.4. The van der Waals surface area contributed by atoms with Gasteiger partial charge in [-0.3, -0.25) is 19.5 Å². The highest BCUT2D eigenvalue weighted by molar-refractivity contribution is 5.99. The molecule has 0 aliphatic carbocycles. The van der Waals surface area contributed by atoms with E-state index in [9.17, 15) is 14.4 Å². The first kappa shape index (κ1) is 40.1. The van der Waals surface area contributed by atoms with Gasteiger partial charge in [0.15, 0.2) is 5.96 Å². The zero-order chi connectivity index (χ0) is 33.0. The van der Waals surface area contributed by atoms with Gasteiger partial charge in [0.25, 0.3) is 0 Å². The molecule has 0 saturated heterocycles. The molecule has 1 aromatic rings. The maximum Gasteiger partial charge on any atom is 0.329 e. The van der Waals surface area contributed by atoms with E-state index in [1.807, 2.05) is 30.3 Å². The Labute approximate surface area is 274 Å². The predicted molar refractivity (Wildman–Crippen MR) is 185 cm³/mol. The van der Waals surface area contributed by atoms with Gasteiger partial charge in [0, 0.05) is 19.4 Å². The number of nitrogens with zero attached hydrogens (tertiary/aromatic N) is 2. The van der Waals surface area contributed by atoms with Gasteiger partial charge in [-0.05, 0) is 31.2 Å². The lowest BCUT2D eigenvalue weighted by atomic mass is 10.0. The fourth-order valence-electron chi connectivity index (χ4n) is 5.57. The van der Waals surface area contributed by atoms with E-state index in [0.717, 1.165) is 31.2 Å². The molecule has 45 heavy (non-hydrogen) atoms. The molecule has 0 saturated carbocycles. The zero-order valence-electron chi connectivity index (χ0n) is 28.6. The molecule has 0 radical (unpaired) electrons. The van der Waals surface area contributed by atoms with Crippen LogP contribution < -0.4 is 11.5 Å². The summed E-state index contributed by atoms with van der Waals surface area (Å²) in [6.45, 7) is 4.83. The summed E-state index contributed by atoms with van der Waals surface area (Å²) in [6, 6.07) is 8.42. The number of amides is 2. The summed E-state index contributed by atoms with van der Waals surface area (Å²) < 4.78 is 5.68. The molecule has 0 unspecified atom stereocenters. The van der Waals surface area contributed by atoms with Crippen LogP contribution in [0.15, 0.2) is 35.3 Å². The van der Waals surface area contributed by atoms with Gasteiger partial charge >= 0.3 is 5.97 Å². The van der Waals surface area contributed by atoms with E-state index >= 15 is 0 Å². The second kappa shape index (κ2) is 27.4. The van der Waals surface area contributed by atoms with Gasteiger partial charge in [-0.2, -0.15) is 0 Å². The number of rotatable bonds is 28. The molecule has 0 aliphatic rings. The monoisotopic (exact) mass is 628 g/mol. The number of nitrogens with two attached hydrogens (primary N) is 2. The van der Waals surface area contributed by atoms with Gasteiger partial charge in [-0.15, -0.1) is 0 Å². The van der Waals surface area contributed by atoms with E-state index in [2.05, 4.69) is 18.8 Å². The average molecular weight is 629 g/mol. The number of guanidine groups is 1. The molecular weight excluding hydrogens is 564 g/mol. The number of aliphatic imine (C=N–C) groups is 1. The molecule has 0 aliphatic heterocycles. The molecule has 0 bridgehead atoms. The molecule has 2 amide bonds. The van der Waals surface area contributed by atoms with Crippen molar-refractivity contribution in [1.82, 2.24) is 4.90 Å². The van der Waals surface area contributed by atoms with Crippen molar-refractivity contribution in [3.8, 4) is 0 Å². The standard InChI is InChI=1S/C37H64N4O4/c1-3-5-7-9-11-13-15-17-22-28-34(42)41(35(43)29-23-18-16-14-12-10-8-6-4-2)33(27-24-30-40-37(38)39)36(44)45-31-32-25-20-19-21-26-32/h19-21,25-26,33H,3-18,22-24,27-31H2,1-2H3,(H4,38,39,40)/t33-/m0/s1. The lowest BCUT2D eigenvalue weighted by molar-refractivity contribution is -0.162. The Morgan fingerprint density at radius 2 is 1.11 bits per heavy atom. The van der Waals surface area contributed by atoms with Gasteiger partial charge in [-0.1, -0.05) is 147 Å². The number of esters is 1. The van der Waals surface area contributed by atoms with Crippen LogP contribution in [0.5, 0.6) is 0 Å². The van der Waals surface area contributed by atoms with E-state index in [-0.39, 0.29) is 43.6 Å². The summed E-state index contributed by atoms with van der Waals surface area (Å²) in [4.78, 5) is 46.0. The first-order valence-electron chi connectivity index (χ1n) is 18.0. The molecule has 8 heteroatoms. The topological polar surface area (TPSA) is 128 Å². The Morgan fingerprint density at radius 3 is 1.56 bits per heavy atom. The molecule has 1 rings (SSSR count). The van der Waals surface area contributed by atoms with E-state index in [1.54, 1.807) is 0 Å². The van der Waals surface area contributed by atoms with Crippen molar-refractivity contribution in [1.29, 1.82) is 0 Å². The number of unbranched alkanes of at least 4 members (excludes halogenated alkanes) is 16. The third-order valence-electron chi connectivity index (χ3n) is 8.26. The number of carbonyl (C=O) groups is 3. The molecule has 0 heterocycles. The fourth-order valence-corrected chi connectivity index (χ4v) is 5.57. The first-order chi connectivity index (χ1) is 21.9. The lowest BCUT2D eigenvalue weighted by Gasteiger charge is -2.29. The molecular formula is C37H64N4O4. The summed E-state index contributed by atoms with van der Waals surface area (Å²) in [5.41, 5.74) is 11.8. The van der Waals surface area contributed by atoms with Crippen LogP contribution in [0.25, 0.3) is 0 Å². The highest BCUT2D eigenvalue weighted by Crippen LogP contribution is 2.19. The minimum absolute atomic E-state index is 0.0297. The van der Waals surface area contributed by atoms with Crippen LogP contribution in [0.4, 0.5) is 0 Å². The Balaban J connectivity index is 2.86. The number of ether oxygens (including phenoxy) is 1. The van der Waals surface area contributed by atoms with Gasteiger partial charge in [-0.25, -0.2) is 4.79 Å². The van der Waals surface area contributed by atoms with E-state index in [4.69, 9.17) is 16.2 Å². The van der Waals surface area contributed by atoms with E-state index < -0.39 is 12.0 Å². The Kier molecular flexibility index (Phi) is 24.4. The number of carbonyl (C=O) groups excluding carboxylic acids is 3. The Morgan fingerprint density at radius 1 is 0.667 bits per heavy atom. The number of hydrogen-bond donors (Lipinski definition) is 2. The molecule has 256 valence electrons. The first-order valence-corrected chi connectivity index (χ1v) is 18.0. The molecule has 8 nitrogen and oxygen atoms in total. The van der Waals surface area contributed by atoms with E-state index in [1.165, 1.54) is 81.9 Å². The Hall–Kier alpha value is -2.90. The lowest BCUT2D eigenvalue weighted by Crippen LogP contribution is -2.49. The molecule has 0 spiro atoms. The van der Waals surface area contributed by atoms with Crippen LogP contribution in [0.2, 0.25) is 0 Å². The van der Waals surface area contributed by atoms with Gasteiger partial charge in [0.1, 0.15) is 12.6 Å². The van der Waals surface area contributed by atoms with Crippen molar-refractivity contribution in [2.24, 2.45) is 16.5 Å². The Bertz CT molecular complexity index is 900. The third kappa shape index (κ3) is 20.7.